The topological polar surface area (TPSA) is 68.3 Å². The first kappa shape index (κ1) is 25.5. The molecule has 1 saturated heterocycles. The molecule has 7 nitrogen and oxygen atoms in total. The number of nitrogens with zero attached hydrogens (tertiary/aromatic N) is 2. The Balaban J connectivity index is 1.53. The Labute approximate surface area is 212 Å². The van der Waals surface area contributed by atoms with Gasteiger partial charge in [-0.15, -0.1) is 11.3 Å². The lowest BCUT2D eigenvalue weighted by molar-refractivity contribution is -0.143. The van der Waals surface area contributed by atoms with E-state index in [2.05, 4.69) is 13.0 Å². The van der Waals surface area contributed by atoms with Crippen LogP contribution < -0.4 is 9.47 Å². The van der Waals surface area contributed by atoms with Gasteiger partial charge in [0.1, 0.15) is 0 Å². The van der Waals surface area contributed by atoms with Crippen molar-refractivity contribution in [3.8, 4) is 11.5 Å². The number of carbonyl (C=O) groups is 2. The normalized spacial score (nSPS) is 17.0. The third kappa shape index (κ3) is 6.98. The van der Waals surface area contributed by atoms with Crippen LogP contribution in [0.1, 0.15) is 56.0 Å². The standard InChI is InChI=1S/C27H36N2O5S/c1-19-9-11-35-24(19)16-28(14-20-7-8-22-23(12-20)34-18-33-22)26(31)17-29(15-21-6-5-10-32-21)25(30)13-27(2,3)4/h7-9,11-12,21H,5-6,10,13-18H2,1-4H3. The molecule has 1 atom stereocenters. The van der Waals surface area contributed by atoms with Gasteiger partial charge in [-0.3, -0.25) is 9.59 Å². The molecule has 1 fully saturated rings. The number of aryl methyl sites for hydroxylation is 1. The van der Waals surface area contributed by atoms with Gasteiger partial charge in [0.05, 0.1) is 19.2 Å². The smallest absolute Gasteiger partial charge is 0.242 e. The molecule has 3 heterocycles. The van der Waals surface area contributed by atoms with Gasteiger partial charge in [-0.05, 0) is 59.9 Å². The summed E-state index contributed by atoms with van der Waals surface area (Å²) in [4.78, 5) is 31.6. The van der Waals surface area contributed by atoms with E-state index in [0.29, 0.717) is 38.4 Å². The van der Waals surface area contributed by atoms with Crippen molar-refractivity contribution in [3.05, 3.63) is 45.6 Å². The Morgan fingerprint density at radius 1 is 1.06 bits per heavy atom. The van der Waals surface area contributed by atoms with E-state index >= 15 is 0 Å². The first-order valence-electron chi connectivity index (χ1n) is 12.3. The minimum atomic E-state index is -0.158. The summed E-state index contributed by atoms with van der Waals surface area (Å²) in [5.74, 6) is 1.34. The Bertz CT molecular complexity index is 1040. The van der Waals surface area contributed by atoms with Gasteiger partial charge in [-0.2, -0.15) is 0 Å². The maximum absolute atomic E-state index is 13.7. The summed E-state index contributed by atoms with van der Waals surface area (Å²) in [6.45, 7) is 10.5. The largest absolute Gasteiger partial charge is 0.454 e. The summed E-state index contributed by atoms with van der Waals surface area (Å²) < 4.78 is 16.8. The fourth-order valence-corrected chi connectivity index (χ4v) is 5.27. The van der Waals surface area contributed by atoms with Crippen LogP contribution >= 0.6 is 11.3 Å². The Morgan fingerprint density at radius 3 is 2.54 bits per heavy atom. The van der Waals surface area contributed by atoms with E-state index in [1.807, 2.05) is 49.3 Å². The number of thiophene rings is 1. The number of amides is 2. The van der Waals surface area contributed by atoms with Crippen molar-refractivity contribution in [2.45, 2.75) is 66.2 Å². The number of hydrogen-bond donors (Lipinski definition) is 0. The number of ether oxygens (including phenoxy) is 3. The van der Waals surface area contributed by atoms with E-state index in [0.717, 1.165) is 29.0 Å². The molecule has 2 aliphatic rings. The number of fused-ring (bicyclic) bond motifs is 1. The average Bonchev–Trinajstić information content (AvgIpc) is 3.54. The van der Waals surface area contributed by atoms with Crippen molar-refractivity contribution < 1.29 is 23.8 Å². The van der Waals surface area contributed by atoms with E-state index in [1.54, 1.807) is 16.2 Å². The summed E-state index contributed by atoms with van der Waals surface area (Å²) >= 11 is 1.65. The highest BCUT2D eigenvalue weighted by Gasteiger charge is 2.29. The molecular formula is C27H36N2O5S. The van der Waals surface area contributed by atoms with Crippen LogP contribution in [-0.2, 0) is 27.4 Å². The van der Waals surface area contributed by atoms with Crippen LogP contribution in [-0.4, -0.2) is 54.2 Å². The lowest BCUT2D eigenvalue weighted by Crippen LogP contribution is -2.46. The first-order chi connectivity index (χ1) is 16.7. The molecule has 190 valence electrons. The number of hydrogen-bond acceptors (Lipinski definition) is 6. The molecule has 0 aliphatic carbocycles. The molecule has 4 rings (SSSR count). The van der Waals surface area contributed by atoms with Crippen molar-refractivity contribution in [3.63, 3.8) is 0 Å². The minimum absolute atomic E-state index is 0.00307. The molecule has 2 amide bonds. The molecule has 1 aromatic carbocycles. The fourth-order valence-electron chi connectivity index (χ4n) is 4.35. The number of rotatable bonds is 9. The molecule has 0 spiro atoms. The average molecular weight is 501 g/mol. The molecule has 35 heavy (non-hydrogen) atoms. The van der Waals surface area contributed by atoms with E-state index < -0.39 is 0 Å². The maximum atomic E-state index is 13.7. The van der Waals surface area contributed by atoms with Crippen LogP contribution in [0.2, 0.25) is 0 Å². The van der Waals surface area contributed by atoms with E-state index in [9.17, 15) is 9.59 Å². The van der Waals surface area contributed by atoms with Crippen molar-refractivity contribution in [1.29, 1.82) is 0 Å². The predicted octanol–water partition coefficient (Wildman–Crippen LogP) is 4.76. The van der Waals surface area contributed by atoms with Crippen LogP contribution in [0.15, 0.2) is 29.6 Å². The van der Waals surface area contributed by atoms with Crippen molar-refractivity contribution in [1.82, 2.24) is 9.80 Å². The van der Waals surface area contributed by atoms with Crippen molar-refractivity contribution in [2.75, 3.05) is 26.5 Å². The van der Waals surface area contributed by atoms with Crippen LogP contribution in [0.4, 0.5) is 0 Å². The van der Waals surface area contributed by atoms with Crippen LogP contribution in [0.5, 0.6) is 11.5 Å². The van der Waals surface area contributed by atoms with E-state index in [1.165, 1.54) is 5.56 Å². The van der Waals surface area contributed by atoms with Crippen LogP contribution in [0.25, 0.3) is 0 Å². The van der Waals surface area contributed by atoms with Gasteiger partial charge in [0.25, 0.3) is 0 Å². The van der Waals surface area contributed by atoms with Gasteiger partial charge >= 0.3 is 0 Å². The predicted molar refractivity (Wildman–Crippen MR) is 136 cm³/mol. The molecule has 2 aromatic rings. The molecule has 0 bridgehead atoms. The molecule has 8 heteroatoms. The zero-order valence-electron chi connectivity index (χ0n) is 21.2. The second-order valence-corrected chi connectivity index (χ2v) is 11.6. The molecule has 0 saturated carbocycles. The van der Waals surface area contributed by atoms with Gasteiger partial charge in [-0.1, -0.05) is 26.8 Å². The number of carbonyl (C=O) groups excluding carboxylic acids is 2. The molecule has 1 aromatic heterocycles. The summed E-state index contributed by atoms with van der Waals surface area (Å²) in [5, 5.41) is 2.05. The summed E-state index contributed by atoms with van der Waals surface area (Å²) in [6.07, 6.45) is 2.30. The Morgan fingerprint density at radius 2 is 1.86 bits per heavy atom. The summed E-state index contributed by atoms with van der Waals surface area (Å²) in [5.41, 5.74) is 1.97. The zero-order chi connectivity index (χ0) is 25.0. The minimum Gasteiger partial charge on any atom is -0.454 e. The Kier molecular flexibility index (Phi) is 8.02. The second-order valence-electron chi connectivity index (χ2n) is 10.6. The summed E-state index contributed by atoms with van der Waals surface area (Å²) in [7, 11) is 0. The van der Waals surface area contributed by atoms with Gasteiger partial charge in [0.2, 0.25) is 18.6 Å². The van der Waals surface area contributed by atoms with E-state index in [4.69, 9.17) is 14.2 Å². The lowest BCUT2D eigenvalue weighted by atomic mass is 9.91. The second kappa shape index (κ2) is 11.0. The van der Waals surface area contributed by atoms with Gasteiger partial charge < -0.3 is 24.0 Å². The highest BCUT2D eigenvalue weighted by molar-refractivity contribution is 7.10. The van der Waals surface area contributed by atoms with Gasteiger partial charge in [0, 0.05) is 31.0 Å². The van der Waals surface area contributed by atoms with Crippen molar-refractivity contribution >= 4 is 23.2 Å². The quantitative estimate of drug-likeness (QED) is 0.497. The lowest BCUT2D eigenvalue weighted by Gasteiger charge is -2.31. The maximum Gasteiger partial charge on any atom is 0.242 e. The molecule has 0 N–H and O–H groups in total. The summed E-state index contributed by atoms with van der Waals surface area (Å²) in [6, 6.07) is 7.84. The Hall–Kier alpha value is -2.58. The first-order valence-corrected chi connectivity index (χ1v) is 13.1. The zero-order valence-corrected chi connectivity index (χ0v) is 22.0. The third-order valence-electron chi connectivity index (χ3n) is 6.27. The van der Waals surface area contributed by atoms with Crippen molar-refractivity contribution in [2.24, 2.45) is 5.41 Å². The number of benzene rings is 1. The molecule has 0 radical (unpaired) electrons. The van der Waals surface area contributed by atoms with Gasteiger partial charge in [0.15, 0.2) is 11.5 Å². The fraction of sp³-hybridized carbons (Fsp3) is 0.556. The SMILES string of the molecule is Cc1ccsc1CN(Cc1ccc2c(c1)OCO2)C(=O)CN(CC1CCCO1)C(=O)CC(C)(C)C. The highest BCUT2D eigenvalue weighted by Crippen LogP contribution is 2.33. The highest BCUT2D eigenvalue weighted by atomic mass is 32.1. The van der Waals surface area contributed by atoms with Crippen LogP contribution in [0, 0.1) is 12.3 Å². The molecule has 2 aliphatic heterocycles. The van der Waals surface area contributed by atoms with E-state index in [-0.39, 0.29) is 36.7 Å². The third-order valence-corrected chi connectivity index (χ3v) is 7.28. The van der Waals surface area contributed by atoms with Crippen LogP contribution in [0.3, 0.4) is 0 Å². The molecular weight excluding hydrogens is 464 g/mol. The monoisotopic (exact) mass is 500 g/mol. The molecule has 1 unspecified atom stereocenters. The van der Waals surface area contributed by atoms with Gasteiger partial charge in [-0.25, -0.2) is 0 Å².